The van der Waals surface area contributed by atoms with Gasteiger partial charge >= 0.3 is 0 Å². The Bertz CT molecular complexity index is 542. The van der Waals surface area contributed by atoms with E-state index in [1.807, 2.05) is 6.92 Å². The van der Waals surface area contributed by atoms with Crippen molar-refractivity contribution in [2.75, 3.05) is 0 Å². The Morgan fingerprint density at radius 1 is 1.30 bits per heavy atom. The Kier molecular flexibility index (Phi) is 5.51. The van der Waals surface area contributed by atoms with Crippen LogP contribution in [0.5, 0.6) is 0 Å². The van der Waals surface area contributed by atoms with E-state index in [9.17, 15) is 4.39 Å². The third kappa shape index (κ3) is 3.77. The zero-order valence-corrected chi connectivity index (χ0v) is 13.2. The van der Waals surface area contributed by atoms with Gasteiger partial charge in [-0.3, -0.25) is 0 Å². The molecule has 6 heteroatoms. The van der Waals surface area contributed by atoms with Crippen LogP contribution in [0.3, 0.4) is 0 Å². The van der Waals surface area contributed by atoms with E-state index in [1.165, 1.54) is 23.7 Å². The summed E-state index contributed by atoms with van der Waals surface area (Å²) < 4.78 is 18.3. The van der Waals surface area contributed by atoms with Crippen molar-refractivity contribution in [2.45, 2.75) is 42.3 Å². The quantitative estimate of drug-likeness (QED) is 0.824. The number of nitrogens with two attached hydrogens (primary N) is 1. The van der Waals surface area contributed by atoms with Crippen LogP contribution in [0.2, 0.25) is 0 Å². The standard InChI is InChI=1S/C14H18FN3S2/c1-3-11(16)13(9-5-7-10(15)8-6-9)19-14-17-12(4-2)18-20-14/h5-8,11,13H,3-4,16H2,1-2H3. The van der Waals surface area contributed by atoms with Crippen molar-refractivity contribution in [1.82, 2.24) is 9.36 Å². The molecular weight excluding hydrogens is 293 g/mol. The molecule has 0 spiro atoms. The zero-order chi connectivity index (χ0) is 14.5. The zero-order valence-electron chi connectivity index (χ0n) is 11.5. The van der Waals surface area contributed by atoms with E-state index in [0.717, 1.165) is 28.6 Å². The fourth-order valence-corrected chi connectivity index (χ4v) is 3.94. The first kappa shape index (κ1) is 15.4. The topological polar surface area (TPSA) is 51.8 Å². The van der Waals surface area contributed by atoms with Gasteiger partial charge in [-0.05, 0) is 35.6 Å². The minimum Gasteiger partial charge on any atom is -0.326 e. The Morgan fingerprint density at radius 3 is 2.55 bits per heavy atom. The number of hydrogen-bond acceptors (Lipinski definition) is 5. The van der Waals surface area contributed by atoms with E-state index in [4.69, 9.17) is 5.73 Å². The van der Waals surface area contributed by atoms with Crippen molar-refractivity contribution in [2.24, 2.45) is 5.73 Å². The first-order valence-corrected chi connectivity index (χ1v) is 8.29. The number of benzene rings is 1. The number of halogens is 1. The lowest BCUT2D eigenvalue weighted by Crippen LogP contribution is -2.25. The molecule has 0 saturated carbocycles. The summed E-state index contributed by atoms with van der Waals surface area (Å²) in [5.74, 6) is 0.632. The maximum absolute atomic E-state index is 13.1. The molecule has 0 saturated heterocycles. The van der Waals surface area contributed by atoms with Gasteiger partial charge in [-0.1, -0.05) is 37.7 Å². The molecule has 0 aliphatic heterocycles. The van der Waals surface area contributed by atoms with E-state index < -0.39 is 0 Å². The van der Waals surface area contributed by atoms with E-state index in [-0.39, 0.29) is 17.1 Å². The smallest absolute Gasteiger partial charge is 0.170 e. The van der Waals surface area contributed by atoms with Gasteiger partial charge in [-0.15, -0.1) is 0 Å². The molecule has 3 nitrogen and oxygen atoms in total. The van der Waals surface area contributed by atoms with Gasteiger partial charge in [0.05, 0.1) is 5.25 Å². The van der Waals surface area contributed by atoms with Crippen molar-refractivity contribution < 1.29 is 4.39 Å². The molecule has 1 aromatic carbocycles. The summed E-state index contributed by atoms with van der Waals surface area (Å²) in [6, 6.07) is 6.54. The lowest BCUT2D eigenvalue weighted by molar-refractivity contribution is 0.617. The Hall–Kier alpha value is -0.980. The van der Waals surface area contributed by atoms with Crippen LogP contribution in [-0.2, 0) is 6.42 Å². The van der Waals surface area contributed by atoms with Crippen LogP contribution in [0.15, 0.2) is 28.6 Å². The van der Waals surface area contributed by atoms with Crippen LogP contribution >= 0.6 is 23.3 Å². The fraction of sp³-hybridized carbons (Fsp3) is 0.429. The van der Waals surface area contributed by atoms with Crippen LogP contribution < -0.4 is 5.73 Å². The second kappa shape index (κ2) is 7.15. The number of aromatic nitrogens is 2. The molecule has 0 aliphatic rings. The molecule has 0 fully saturated rings. The minimum atomic E-state index is -0.230. The van der Waals surface area contributed by atoms with Crippen LogP contribution in [0.1, 0.15) is 36.9 Å². The number of aryl methyl sites for hydroxylation is 1. The SMILES string of the molecule is CCc1nsc(SC(c2ccc(F)cc2)C(N)CC)n1. The summed E-state index contributed by atoms with van der Waals surface area (Å²) in [4.78, 5) is 4.47. The van der Waals surface area contributed by atoms with Gasteiger partial charge in [0, 0.05) is 12.5 Å². The van der Waals surface area contributed by atoms with Gasteiger partial charge in [0.15, 0.2) is 4.34 Å². The van der Waals surface area contributed by atoms with Crippen LogP contribution in [0.4, 0.5) is 4.39 Å². The monoisotopic (exact) mass is 311 g/mol. The van der Waals surface area contributed by atoms with Gasteiger partial charge in [0.1, 0.15) is 11.6 Å². The van der Waals surface area contributed by atoms with Crippen molar-refractivity contribution in [3.63, 3.8) is 0 Å². The van der Waals surface area contributed by atoms with Gasteiger partial charge < -0.3 is 5.73 Å². The highest BCUT2D eigenvalue weighted by molar-refractivity contribution is 8.01. The van der Waals surface area contributed by atoms with Crippen LogP contribution in [-0.4, -0.2) is 15.4 Å². The van der Waals surface area contributed by atoms with E-state index in [0.29, 0.717) is 0 Å². The molecular formula is C14H18FN3S2. The number of thioether (sulfide) groups is 1. The normalized spacial score (nSPS) is 14.2. The average Bonchev–Trinajstić information content (AvgIpc) is 2.93. The molecule has 2 aromatic rings. The predicted molar refractivity (Wildman–Crippen MR) is 82.6 cm³/mol. The van der Waals surface area contributed by atoms with Gasteiger partial charge in [-0.25, -0.2) is 9.37 Å². The molecule has 0 radical (unpaired) electrons. The fourth-order valence-electron chi connectivity index (χ4n) is 1.81. The lowest BCUT2D eigenvalue weighted by Gasteiger charge is -2.21. The van der Waals surface area contributed by atoms with Gasteiger partial charge in [0.2, 0.25) is 0 Å². The molecule has 2 N–H and O–H groups in total. The number of rotatable bonds is 6. The van der Waals surface area contributed by atoms with E-state index >= 15 is 0 Å². The summed E-state index contributed by atoms with van der Waals surface area (Å²) >= 11 is 3.01. The van der Waals surface area contributed by atoms with Gasteiger partial charge in [0.25, 0.3) is 0 Å². The van der Waals surface area contributed by atoms with Crippen molar-refractivity contribution in [3.8, 4) is 0 Å². The summed E-state index contributed by atoms with van der Waals surface area (Å²) in [5, 5.41) is 0.0678. The molecule has 0 bridgehead atoms. The van der Waals surface area contributed by atoms with E-state index in [2.05, 4.69) is 16.3 Å². The number of hydrogen-bond donors (Lipinski definition) is 1. The highest BCUT2D eigenvalue weighted by Crippen LogP contribution is 2.38. The number of nitrogens with zero attached hydrogens (tertiary/aromatic N) is 2. The molecule has 1 aromatic heterocycles. The molecule has 108 valence electrons. The largest absolute Gasteiger partial charge is 0.326 e. The maximum Gasteiger partial charge on any atom is 0.170 e. The summed E-state index contributed by atoms with van der Waals surface area (Å²) in [7, 11) is 0. The summed E-state index contributed by atoms with van der Waals surface area (Å²) in [5.41, 5.74) is 7.24. The molecule has 2 rings (SSSR count). The minimum absolute atomic E-state index is 0.000521. The molecule has 20 heavy (non-hydrogen) atoms. The second-order valence-corrected chi connectivity index (χ2v) is 6.63. The average molecular weight is 311 g/mol. The molecule has 1 heterocycles. The molecule has 0 amide bonds. The summed E-state index contributed by atoms with van der Waals surface area (Å²) in [6.07, 6.45) is 1.69. The summed E-state index contributed by atoms with van der Waals surface area (Å²) in [6.45, 7) is 4.09. The highest BCUT2D eigenvalue weighted by Gasteiger charge is 2.21. The molecule has 2 atom stereocenters. The third-order valence-electron chi connectivity index (χ3n) is 3.05. The van der Waals surface area contributed by atoms with Crippen molar-refractivity contribution in [1.29, 1.82) is 0 Å². The van der Waals surface area contributed by atoms with E-state index in [1.54, 1.807) is 23.9 Å². The highest BCUT2D eigenvalue weighted by atomic mass is 32.2. The van der Waals surface area contributed by atoms with Gasteiger partial charge in [-0.2, -0.15) is 4.37 Å². The molecule has 2 unspecified atom stereocenters. The van der Waals surface area contributed by atoms with Crippen LogP contribution in [0.25, 0.3) is 0 Å². The Morgan fingerprint density at radius 2 is 2.00 bits per heavy atom. The predicted octanol–water partition coefficient (Wildman–Crippen LogP) is 3.81. The van der Waals surface area contributed by atoms with Crippen molar-refractivity contribution in [3.05, 3.63) is 41.5 Å². The lowest BCUT2D eigenvalue weighted by atomic mass is 10.0. The third-order valence-corrected chi connectivity index (χ3v) is 5.28. The maximum atomic E-state index is 13.1. The molecule has 0 aliphatic carbocycles. The Balaban J connectivity index is 2.21. The first-order chi connectivity index (χ1) is 9.63. The second-order valence-electron chi connectivity index (χ2n) is 4.49. The first-order valence-electron chi connectivity index (χ1n) is 6.64. The van der Waals surface area contributed by atoms with Crippen LogP contribution in [0, 0.1) is 5.82 Å². The Labute approximate surface area is 127 Å². The van der Waals surface area contributed by atoms with Crippen molar-refractivity contribution >= 4 is 23.3 Å².